The van der Waals surface area contributed by atoms with Crippen LogP contribution in [0, 0.1) is 0 Å². The highest BCUT2D eigenvalue weighted by molar-refractivity contribution is 6.29. The molecule has 0 radical (unpaired) electrons. The molecule has 3 N–H and O–H groups in total. The van der Waals surface area contributed by atoms with Crippen LogP contribution in [0.3, 0.4) is 0 Å². The minimum absolute atomic E-state index is 0.0672. The van der Waals surface area contributed by atoms with Gasteiger partial charge in [-0.05, 0) is 36.8 Å². The van der Waals surface area contributed by atoms with Gasteiger partial charge >= 0.3 is 0 Å². The molecule has 0 unspecified atom stereocenters. The van der Waals surface area contributed by atoms with Crippen molar-refractivity contribution < 1.29 is 18.4 Å². The van der Waals surface area contributed by atoms with Crippen molar-refractivity contribution in [2.24, 2.45) is 5.73 Å². The lowest BCUT2D eigenvalue weighted by Gasteiger charge is -2.24. The Bertz CT molecular complexity index is 907. The summed E-state index contributed by atoms with van der Waals surface area (Å²) in [5.74, 6) is -3.58. The molecule has 1 fully saturated rings. The van der Waals surface area contributed by atoms with Gasteiger partial charge in [-0.3, -0.25) is 9.59 Å². The Balaban J connectivity index is 1.86. The van der Waals surface area contributed by atoms with E-state index in [0.717, 1.165) is 0 Å². The monoisotopic (exact) mass is 408 g/mol. The number of pyridine rings is 1. The minimum atomic E-state index is -2.73. The van der Waals surface area contributed by atoms with Crippen molar-refractivity contribution in [1.29, 1.82) is 0 Å². The van der Waals surface area contributed by atoms with Gasteiger partial charge in [0, 0.05) is 37.2 Å². The molecule has 3 rings (SSSR count). The Labute approximate surface area is 165 Å². The van der Waals surface area contributed by atoms with Crippen molar-refractivity contribution in [3.05, 3.63) is 52.7 Å². The predicted octanol–water partition coefficient (Wildman–Crippen LogP) is 3.71. The van der Waals surface area contributed by atoms with Crippen LogP contribution in [0.15, 0.2) is 36.4 Å². The van der Waals surface area contributed by atoms with Gasteiger partial charge in [0.2, 0.25) is 11.8 Å². The Morgan fingerprint density at radius 2 is 1.96 bits per heavy atom. The molecule has 2 aromatic rings. The molecule has 9 heteroatoms. The van der Waals surface area contributed by atoms with Crippen LogP contribution in [0.1, 0.15) is 40.0 Å². The maximum atomic E-state index is 13.7. The van der Waals surface area contributed by atoms with Crippen LogP contribution >= 0.6 is 11.6 Å². The van der Waals surface area contributed by atoms with E-state index in [-0.39, 0.29) is 47.9 Å². The number of rotatable bonds is 4. The Morgan fingerprint density at radius 3 is 2.71 bits per heavy atom. The molecule has 1 aromatic carbocycles. The third kappa shape index (κ3) is 4.75. The highest BCUT2D eigenvalue weighted by atomic mass is 35.5. The van der Waals surface area contributed by atoms with E-state index in [1.807, 2.05) is 0 Å². The molecular weight excluding hydrogens is 390 g/mol. The van der Waals surface area contributed by atoms with E-state index in [4.69, 9.17) is 17.3 Å². The van der Waals surface area contributed by atoms with Crippen LogP contribution in [0.2, 0.25) is 5.15 Å². The Hall–Kier alpha value is -2.74. The first-order valence-electron chi connectivity index (χ1n) is 8.76. The number of carbonyl (C=O) groups is 2. The van der Waals surface area contributed by atoms with Crippen LogP contribution < -0.4 is 16.0 Å². The smallest absolute Gasteiger partial charge is 0.259 e. The van der Waals surface area contributed by atoms with Gasteiger partial charge in [0.1, 0.15) is 11.0 Å². The first-order valence-corrected chi connectivity index (χ1v) is 9.13. The molecule has 2 heterocycles. The number of hydrogen-bond acceptors (Lipinski definition) is 4. The molecule has 0 spiro atoms. The molecular formula is C19H19ClF2N4O2. The fourth-order valence-corrected chi connectivity index (χ4v) is 3.21. The molecule has 28 heavy (non-hydrogen) atoms. The van der Waals surface area contributed by atoms with Crippen molar-refractivity contribution >= 4 is 34.9 Å². The molecule has 0 bridgehead atoms. The summed E-state index contributed by atoms with van der Waals surface area (Å²) in [7, 11) is 0. The minimum Gasteiger partial charge on any atom is -0.366 e. The van der Waals surface area contributed by atoms with Crippen LogP contribution in [-0.2, 0) is 0 Å². The van der Waals surface area contributed by atoms with Gasteiger partial charge in [0.25, 0.3) is 5.91 Å². The molecule has 1 aliphatic rings. The molecule has 1 saturated heterocycles. The van der Waals surface area contributed by atoms with Crippen molar-refractivity contribution in [2.75, 3.05) is 23.3 Å². The van der Waals surface area contributed by atoms with E-state index >= 15 is 0 Å². The lowest BCUT2D eigenvalue weighted by atomic mass is 10.1. The van der Waals surface area contributed by atoms with Crippen molar-refractivity contribution in [3.63, 3.8) is 0 Å². The second-order valence-electron chi connectivity index (χ2n) is 6.60. The zero-order valence-corrected chi connectivity index (χ0v) is 15.7. The number of nitrogens with one attached hydrogen (secondary N) is 1. The number of alkyl halides is 2. The van der Waals surface area contributed by atoms with E-state index < -0.39 is 17.7 Å². The van der Waals surface area contributed by atoms with Gasteiger partial charge in [-0.25, -0.2) is 13.8 Å². The third-order valence-corrected chi connectivity index (χ3v) is 4.72. The molecule has 148 valence electrons. The lowest BCUT2D eigenvalue weighted by Crippen LogP contribution is -2.29. The van der Waals surface area contributed by atoms with Crippen LogP contribution in [0.5, 0.6) is 0 Å². The number of amides is 2. The second-order valence-corrected chi connectivity index (χ2v) is 6.99. The molecule has 2 amide bonds. The highest BCUT2D eigenvalue weighted by Crippen LogP contribution is 2.31. The molecule has 1 aliphatic heterocycles. The number of nitrogens with two attached hydrogens (primary N) is 1. The number of carbonyl (C=O) groups excluding carboxylic acids is 2. The lowest BCUT2D eigenvalue weighted by molar-refractivity contribution is -0.0102. The average Bonchev–Trinajstić information content (AvgIpc) is 2.82. The number of anilines is 2. The van der Waals surface area contributed by atoms with E-state index in [2.05, 4.69) is 10.3 Å². The molecule has 0 atom stereocenters. The number of hydrogen-bond donors (Lipinski definition) is 2. The summed E-state index contributed by atoms with van der Waals surface area (Å²) < 4.78 is 27.4. The quantitative estimate of drug-likeness (QED) is 0.755. The first-order chi connectivity index (χ1) is 13.2. The summed E-state index contributed by atoms with van der Waals surface area (Å²) >= 11 is 5.98. The van der Waals surface area contributed by atoms with Gasteiger partial charge in [0.05, 0.1) is 5.56 Å². The van der Waals surface area contributed by atoms with E-state index in [1.165, 1.54) is 24.3 Å². The standard InChI is InChI=1S/C19H19ClF2N4O2/c20-15-6-5-14(17(25-15)26-9-2-7-19(21,22)8-10-26)18(28)24-13-4-1-3-12(11-13)16(23)27/h1,3-6,11H,2,7-10H2,(H2,23,27)(H,24,28). The van der Waals surface area contributed by atoms with E-state index in [0.29, 0.717) is 12.2 Å². The summed E-state index contributed by atoms with van der Waals surface area (Å²) in [4.78, 5) is 30.0. The van der Waals surface area contributed by atoms with Gasteiger partial charge in [-0.15, -0.1) is 0 Å². The Morgan fingerprint density at radius 1 is 1.18 bits per heavy atom. The largest absolute Gasteiger partial charge is 0.366 e. The number of nitrogens with zero attached hydrogens (tertiary/aromatic N) is 2. The fraction of sp³-hybridized carbons (Fsp3) is 0.316. The zero-order valence-electron chi connectivity index (χ0n) is 14.9. The molecule has 0 aliphatic carbocycles. The number of primary amides is 1. The molecule has 0 saturated carbocycles. The predicted molar refractivity (Wildman–Crippen MR) is 103 cm³/mol. The van der Waals surface area contributed by atoms with E-state index in [1.54, 1.807) is 17.0 Å². The van der Waals surface area contributed by atoms with Gasteiger partial charge in [-0.2, -0.15) is 0 Å². The second kappa shape index (κ2) is 8.10. The van der Waals surface area contributed by atoms with Gasteiger partial charge in [0.15, 0.2) is 0 Å². The number of halogens is 3. The van der Waals surface area contributed by atoms with Crippen LogP contribution in [0.25, 0.3) is 0 Å². The summed E-state index contributed by atoms with van der Waals surface area (Å²) in [6, 6.07) is 9.15. The van der Waals surface area contributed by atoms with Crippen molar-refractivity contribution in [2.45, 2.75) is 25.2 Å². The van der Waals surface area contributed by atoms with Gasteiger partial charge < -0.3 is 16.0 Å². The SMILES string of the molecule is NC(=O)c1cccc(NC(=O)c2ccc(Cl)nc2N2CCCC(F)(F)CC2)c1. The van der Waals surface area contributed by atoms with Gasteiger partial charge in [-0.1, -0.05) is 17.7 Å². The summed E-state index contributed by atoms with van der Waals surface area (Å²) in [6.45, 7) is 0.415. The first kappa shape index (κ1) is 20.0. The highest BCUT2D eigenvalue weighted by Gasteiger charge is 2.33. The van der Waals surface area contributed by atoms with Crippen molar-refractivity contribution in [3.8, 4) is 0 Å². The maximum Gasteiger partial charge on any atom is 0.259 e. The topological polar surface area (TPSA) is 88.3 Å². The Kier molecular flexibility index (Phi) is 5.79. The summed E-state index contributed by atoms with van der Waals surface area (Å²) in [5.41, 5.74) is 6.09. The number of benzene rings is 1. The molecule has 1 aromatic heterocycles. The fourth-order valence-electron chi connectivity index (χ4n) is 3.07. The maximum absolute atomic E-state index is 13.7. The average molecular weight is 409 g/mol. The van der Waals surface area contributed by atoms with E-state index in [9.17, 15) is 18.4 Å². The molecule has 6 nitrogen and oxygen atoms in total. The normalized spacial score (nSPS) is 16.3. The van der Waals surface area contributed by atoms with Crippen LogP contribution in [0.4, 0.5) is 20.3 Å². The van der Waals surface area contributed by atoms with Crippen LogP contribution in [-0.4, -0.2) is 35.8 Å². The third-order valence-electron chi connectivity index (χ3n) is 4.51. The zero-order chi connectivity index (χ0) is 20.3. The summed E-state index contributed by atoms with van der Waals surface area (Å²) in [6.07, 6.45) is -0.239. The number of aromatic nitrogens is 1. The summed E-state index contributed by atoms with van der Waals surface area (Å²) in [5, 5.41) is 2.84. The van der Waals surface area contributed by atoms with Crippen molar-refractivity contribution in [1.82, 2.24) is 4.98 Å².